The van der Waals surface area contributed by atoms with Crippen LogP contribution in [0.15, 0.2) is 24.3 Å². The summed E-state index contributed by atoms with van der Waals surface area (Å²) in [6.07, 6.45) is 1.52. The van der Waals surface area contributed by atoms with Crippen LogP contribution in [0.2, 0.25) is 0 Å². The maximum atomic E-state index is 11.1. The Bertz CT molecular complexity index is 499. The number of methoxy groups -OCH3 is 1. The molecule has 0 unspecified atom stereocenters. The van der Waals surface area contributed by atoms with Crippen molar-refractivity contribution in [3.05, 3.63) is 24.3 Å². The molecule has 108 valence electrons. The standard InChI is InChI=1S/C14H19N3O2S/c1-19-12-4-2-3-11(9-12)16-14(20)17-7-5-10(6-8-17)13(15)18/h2-4,9-10H,5-8H2,1H3,(H2,15,18)(H,16,20). The zero-order chi connectivity index (χ0) is 14.5. The molecule has 1 heterocycles. The van der Waals surface area contributed by atoms with Gasteiger partial charge in [-0.3, -0.25) is 4.79 Å². The van der Waals surface area contributed by atoms with Crippen molar-refractivity contribution in [2.45, 2.75) is 12.8 Å². The molecule has 0 bridgehead atoms. The average Bonchev–Trinajstić information content (AvgIpc) is 2.47. The third kappa shape index (κ3) is 3.60. The number of anilines is 1. The van der Waals surface area contributed by atoms with E-state index in [4.69, 9.17) is 22.7 Å². The Labute approximate surface area is 124 Å². The average molecular weight is 293 g/mol. The summed E-state index contributed by atoms with van der Waals surface area (Å²) in [4.78, 5) is 13.2. The van der Waals surface area contributed by atoms with Crippen LogP contribution in [-0.4, -0.2) is 36.1 Å². The highest BCUT2D eigenvalue weighted by molar-refractivity contribution is 7.80. The van der Waals surface area contributed by atoms with Crippen molar-refractivity contribution in [1.29, 1.82) is 0 Å². The molecule has 0 atom stereocenters. The first-order chi connectivity index (χ1) is 9.60. The Morgan fingerprint density at radius 1 is 1.45 bits per heavy atom. The lowest BCUT2D eigenvalue weighted by molar-refractivity contribution is -0.122. The van der Waals surface area contributed by atoms with Crippen molar-refractivity contribution >= 4 is 28.9 Å². The number of likely N-dealkylation sites (tertiary alicyclic amines) is 1. The molecular weight excluding hydrogens is 274 g/mol. The van der Waals surface area contributed by atoms with E-state index in [0.29, 0.717) is 5.11 Å². The molecule has 1 aliphatic heterocycles. The molecule has 0 aromatic heterocycles. The fourth-order valence-electron chi connectivity index (χ4n) is 2.27. The predicted molar refractivity (Wildman–Crippen MR) is 82.7 cm³/mol. The monoisotopic (exact) mass is 293 g/mol. The van der Waals surface area contributed by atoms with Gasteiger partial charge in [0.25, 0.3) is 0 Å². The SMILES string of the molecule is COc1cccc(NC(=S)N2CCC(C(N)=O)CC2)c1. The number of amides is 1. The third-order valence-corrected chi connectivity index (χ3v) is 3.87. The number of nitrogens with two attached hydrogens (primary N) is 1. The maximum Gasteiger partial charge on any atom is 0.220 e. The van der Waals surface area contributed by atoms with Crippen LogP contribution >= 0.6 is 12.2 Å². The van der Waals surface area contributed by atoms with Gasteiger partial charge in [0.1, 0.15) is 5.75 Å². The van der Waals surface area contributed by atoms with Gasteiger partial charge in [-0.05, 0) is 37.2 Å². The van der Waals surface area contributed by atoms with Crippen molar-refractivity contribution < 1.29 is 9.53 Å². The van der Waals surface area contributed by atoms with Gasteiger partial charge in [-0.2, -0.15) is 0 Å². The summed E-state index contributed by atoms with van der Waals surface area (Å²) < 4.78 is 5.17. The minimum Gasteiger partial charge on any atom is -0.497 e. The number of carbonyl (C=O) groups excluding carboxylic acids is 1. The van der Waals surface area contributed by atoms with Crippen LogP contribution in [0.4, 0.5) is 5.69 Å². The van der Waals surface area contributed by atoms with Crippen molar-refractivity contribution in [3.8, 4) is 5.75 Å². The van der Waals surface area contributed by atoms with Gasteiger partial charge < -0.3 is 20.7 Å². The zero-order valence-corrected chi connectivity index (χ0v) is 12.3. The van der Waals surface area contributed by atoms with Crippen LogP contribution < -0.4 is 15.8 Å². The van der Waals surface area contributed by atoms with E-state index >= 15 is 0 Å². The molecule has 1 aliphatic rings. The predicted octanol–water partition coefficient (Wildman–Crippen LogP) is 1.59. The number of benzene rings is 1. The smallest absolute Gasteiger partial charge is 0.220 e. The summed E-state index contributed by atoms with van der Waals surface area (Å²) in [5, 5.41) is 3.86. The third-order valence-electron chi connectivity index (χ3n) is 3.51. The highest BCUT2D eigenvalue weighted by Crippen LogP contribution is 2.20. The number of primary amides is 1. The van der Waals surface area contributed by atoms with E-state index in [1.807, 2.05) is 24.3 Å². The van der Waals surface area contributed by atoms with Crippen LogP contribution in [0.1, 0.15) is 12.8 Å². The number of thiocarbonyl (C=S) groups is 1. The summed E-state index contributed by atoms with van der Waals surface area (Å²) in [6.45, 7) is 1.51. The van der Waals surface area contributed by atoms with E-state index in [-0.39, 0.29) is 11.8 Å². The minimum atomic E-state index is -0.212. The van der Waals surface area contributed by atoms with Gasteiger partial charge in [-0.1, -0.05) is 6.07 Å². The highest BCUT2D eigenvalue weighted by atomic mass is 32.1. The summed E-state index contributed by atoms with van der Waals surface area (Å²) in [6, 6.07) is 7.61. The van der Waals surface area contributed by atoms with Crippen LogP contribution in [-0.2, 0) is 4.79 Å². The van der Waals surface area contributed by atoms with Crippen molar-refractivity contribution in [2.75, 3.05) is 25.5 Å². The van der Waals surface area contributed by atoms with E-state index < -0.39 is 0 Å². The number of carbonyl (C=O) groups is 1. The second-order valence-corrected chi connectivity index (χ2v) is 5.21. The van der Waals surface area contributed by atoms with E-state index in [9.17, 15) is 4.79 Å². The Kier molecular flexibility index (Phi) is 4.79. The number of nitrogens with zero attached hydrogens (tertiary/aromatic N) is 1. The van der Waals surface area contributed by atoms with E-state index in [1.54, 1.807) is 7.11 Å². The largest absolute Gasteiger partial charge is 0.497 e. The molecule has 0 saturated carbocycles. The highest BCUT2D eigenvalue weighted by Gasteiger charge is 2.24. The van der Waals surface area contributed by atoms with Gasteiger partial charge in [0.05, 0.1) is 7.11 Å². The first-order valence-electron chi connectivity index (χ1n) is 6.59. The Balaban J connectivity index is 1.91. The van der Waals surface area contributed by atoms with Crippen LogP contribution in [0.3, 0.4) is 0 Å². The van der Waals surface area contributed by atoms with Gasteiger partial charge in [-0.15, -0.1) is 0 Å². The van der Waals surface area contributed by atoms with Crippen LogP contribution in [0, 0.1) is 5.92 Å². The minimum absolute atomic E-state index is 0.0223. The molecule has 0 aliphatic carbocycles. The first-order valence-corrected chi connectivity index (χ1v) is 7.00. The first kappa shape index (κ1) is 14.6. The normalized spacial score (nSPS) is 15.8. The molecule has 5 nitrogen and oxygen atoms in total. The Morgan fingerprint density at radius 2 is 2.15 bits per heavy atom. The zero-order valence-electron chi connectivity index (χ0n) is 11.5. The topological polar surface area (TPSA) is 67.6 Å². The fraction of sp³-hybridized carbons (Fsp3) is 0.429. The van der Waals surface area contributed by atoms with E-state index in [0.717, 1.165) is 37.4 Å². The molecule has 1 amide bonds. The van der Waals surface area contributed by atoms with Crippen molar-refractivity contribution in [3.63, 3.8) is 0 Å². The number of piperidine rings is 1. The van der Waals surface area contributed by atoms with Crippen molar-refractivity contribution in [2.24, 2.45) is 11.7 Å². The summed E-state index contributed by atoms with van der Waals surface area (Å²) in [7, 11) is 1.63. The molecule has 1 aromatic rings. The van der Waals surface area contributed by atoms with Gasteiger partial charge in [0.15, 0.2) is 5.11 Å². The lowest BCUT2D eigenvalue weighted by Gasteiger charge is -2.32. The summed E-state index contributed by atoms with van der Waals surface area (Å²) >= 11 is 5.40. The van der Waals surface area contributed by atoms with Gasteiger partial charge >= 0.3 is 0 Å². The number of rotatable bonds is 3. The Hall–Kier alpha value is -1.82. The molecule has 0 spiro atoms. The maximum absolute atomic E-state index is 11.1. The molecule has 0 radical (unpaired) electrons. The molecule has 1 fully saturated rings. The lowest BCUT2D eigenvalue weighted by Crippen LogP contribution is -2.43. The molecule has 6 heteroatoms. The molecular formula is C14H19N3O2S. The molecule has 1 aromatic carbocycles. The number of nitrogens with one attached hydrogen (secondary N) is 1. The lowest BCUT2D eigenvalue weighted by atomic mass is 9.97. The number of hydrogen-bond acceptors (Lipinski definition) is 3. The Morgan fingerprint density at radius 3 is 2.75 bits per heavy atom. The van der Waals surface area contributed by atoms with Gasteiger partial charge in [0, 0.05) is 30.8 Å². The number of ether oxygens (including phenoxy) is 1. The quantitative estimate of drug-likeness (QED) is 0.828. The second-order valence-electron chi connectivity index (χ2n) is 4.83. The van der Waals surface area contributed by atoms with Gasteiger partial charge in [0.2, 0.25) is 5.91 Å². The van der Waals surface area contributed by atoms with E-state index in [2.05, 4.69) is 10.2 Å². The molecule has 2 rings (SSSR count). The van der Waals surface area contributed by atoms with Crippen LogP contribution in [0.25, 0.3) is 0 Å². The molecule has 1 saturated heterocycles. The molecule has 20 heavy (non-hydrogen) atoms. The fourth-order valence-corrected chi connectivity index (χ4v) is 2.57. The van der Waals surface area contributed by atoms with Gasteiger partial charge in [-0.25, -0.2) is 0 Å². The molecule has 3 N–H and O–H groups in total. The summed E-state index contributed by atoms with van der Waals surface area (Å²) in [5.74, 6) is 0.549. The van der Waals surface area contributed by atoms with E-state index in [1.165, 1.54) is 0 Å². The second kappa shape index (κ2) is 6.56. The van der Waals surface area contributed by atoms with Crippen LogP contribution in [0.5, 0.6) is 5.75 Å². The summed E-state index contributed by atoms with van der Waals surface area (Å²) in [5.41, 5.74) is 6.22. The number of hydrogen-bond donors (Lipinski definition) is 2. The van der Waals surface area contributed by atoms with Crippen molar-refractivity contribution in [1.82, 2.24) is 4.90 Å².